The Balaban J connectivity index is 2.35. The molecule has 0 aliphatic heterocycles. The number of aliphatic hydroxyl groups is 1. The molecule has 0 aliphatic rings. The predicted octanol–water partition coefficient (Wildman–Crippen LogP) is 3.87. The van der Waals surface area contributed by atoms with Crippen molar-refractivity contribution in [2.45, 2.75) is 12.8 Å². The molecule has 1 aromatic carbocycles. The van der Waals surface area contributed by atoms with Crippen LogP contribution in [0.2, 0.25) is 0 Å². The van der Waals surface area contributed by atoms with Crippen molar-refractivity contribution in [3.63, 3.8) is 0 Å². The number of aryl methyl sites for hydroxylation is 1. The Labute approximate surface area is 106 Å². The molecule has 0 saturated heterocycles. The third kappa shape index (κ3) is 1.59. The van der Waals surface area contributed by atoms with Gasteiger partial charge in [-0.3, -0.25) is 0 Å². The van der Waals surface area contributed by atoms with Gasteiger partial charge in [0.05, 0.1) is 17.0 Å². The van der Waals surface area contributed by atoms with Crippen LogP contribution in [0.15, 0.2) is 38.0 Å². The summed E-state index contributed by atoms with van der Waals surface area (Å²) in [5, 5.41) is 11.0. The molecule has 3 nitrogen and oxygen atoms in total. The van der Waals surface area contributed by atoms with Gasteiger partial charge in [-0.15, -0.1) is 0 Å². The Bertz CT molecular complexity index is 614. The molecule has 3 rings (SSSR count). The van der Waals surface area contributed by atoms with Gasteiger partial charge in [-0.25, -0.2) is 0 Å². The van der Waals surface area contributed by atoms with E-state index in [2.05, 4.69) is 15.9 Å². The Hall–Kier alpha value is -1.26. The van der Waals surface area contributed by atoms with E-state index in [0.29, 0.717) is 0 Å². The lowest BCUT2D eigenvalue weighted by Crippen LogP contribution is -1.91. The van der Waals surface area contributed by atoms with Crippen molar-refractivity contribution in [1.82, 2.24) is 0 Å². The lowest BCUT2D eigenvalue weighted by Gasteiger charge is -2.05. The SMILES string of the molecule is OCCCc1c2ccoc2c(Br)c2ccoc12. The minimum absolute atomic E-state index is 0.178. The number of halogens is 1. The minimum Gasteiger partial charge on any atom is -0.464 e. The van der Waals surface area contributed by atoms with Crippen molar-refractivity contribution in [2.24, 2.45) is 0 Å². The first-order valence-electron chi connectivity index (χ1n) is 5.48. The molecule has 4 heteroatoms. The summed E-state index contributed by atoms with van der Waals surface area (Å²) in [6, 6.07) is 3.86. The van der Waals surface area contributed by atoms with Crippen LogP contribution >= 0.6 is 15.9 Å². The van der Waals surface area contributed by atoms with E-state index < -0.39 is 0 Å². The van der Waals surface area contributed by atoms with Crippen LogP contribution in [-0.4, -0.2) is 11.7 Å². The number of rotatable bonds is 3. The van der Waals surface area contributed by atoms with E-state index in [4.69, 9.17) is 13.9 Å². The zero-order valence-electron chi connectivity index (χ0n) is 9.07. The van der Waals surface area contributed by atoms with Crippen molar-refractivity contribution in [1.29, 1.82) is 0 Å². The van der Waals surface area contributed by atoms with Crippen LogP contribution in [0.4, 0.5) is 0 Å². The van der Waals surface area contributed by atoms with Gasteiger partial charge in [0.1, 0.15) is 11.2 Å². The molecular formula is C13H11BrO3. The van der Waals surface area contributed by atoms with Crippen LogP contribution in [0.25, 0.3) is 21.9 Å². The van der Waals surface area contributed by atoms with Crippen molar-refractivity contribution in [3.8, 4) is 0 Å². The summed E-state index contributed by atoms with van der Waals surface area (Å²) in [5.74, 6) is 0. The van der Waals surface area contributed by atoms with Gasteiger partial charge in [0.15, 0.2) is 0 Å². The van der Waals surface area contributed by atoms with E-state index in [9.17, 15) is 0 Å². The first kappa shape index (κ1) is 10.9. The second-order valence-corrected chi connectivity index (χ2v) is 4.74. The van der Waals surface area contributed by atoms with Crippen molar-refractivity contribution >= 4 is 37.9 Å². The summed E-state index contributed by atoms with van der Waals surface area (Å²) in [6.07, 6.45) is 4.86. The molecule has 2 heterocycles. The number of hydrogen-bond acceptors (Lipinski definition) is 3. The number of benzene rings is 1. The number of fused-ring (bicyclic) bond motifs is 2. The molecule has 0 atom stereocenters. The Morgan fingerprint density at radius 1 is 1.06 bits per heavy atom. The maximum atomic E-state index is 8.96. The van der Waals surface area contributed by atoms with Crippen molar-refractivity contribution < 1.29 is 13.9 Å². The van der Waals surface area contributed by atoms with Gasteiger partial charge in [-0.2, -0.15) is 0 Å². The largest absolute Gasteiger partial charge is 0.464 e. The fourth-order valence-corrected chi connectivity index (χ4v) is 2.80. The standard InChI is InChI=1S/C13H11BrO3/c14-11-10-4-7-16-12(10)8(2-1-5-15)9-3-6-17-13(9)11/h3-4,6-7,15H,1-2,5H2. The zero-order valence-corrected chi connectivity index (χ0v) is 10.7. The summed E-state index contributed by atoms with van der Waals surface area (Å²) >= 11 is 3.54. The lowest BCUT2D eigenvalue weighted by atomic mass is 10.0. The third-order valence-electron chi connectivity index (χ3n) is 2.95. The lowest BCUT2D eigenvalue weighted by molar-refractivity contribution is 0.289. The van der Waals surface area contributed by atoms with Crippen LogP contribution < -0.4 is 0 Å². The monoisotopic (exact) mass is 294 g/mol. The molecule has 2 aromatic heterocycles. The van der Waals surface area contributed by atoms with Gasteiger partial charge in [0, 0.05) is 22.9 Å². The van der Waals surface area contributed by atoms with Gasteiger partial charge >= 0.3 is 0 Å². The molecule has 0 radical (unpaired) electrons. The third-order valence-corrected chi connectivity index (χ3v) is 3.74. The summed E-state index contributed by atoms with van der Waals surface area (Å²) < 4.78 is 12.0. The second-order valence-electron chi connectivity index (χ2n) is 3.95. The van der Waals surface area contributed by atoms with Crippen molar-refractivity contribution in [3.05, 3.63) is 34.7 Å². The van der Waals surface area contributed by atoms with Crippen molar-refractivity contribution in [2.75, 3.05) is 6.61 Å². The van der Waals surface area contributed by atoms with Crippen LogP contribution in [-0.2, 0) is 6.42 Å². The quantitative estimate of drug-likeness (QED) is 0.798. The highest BCUT2D eigenvalue weighted by Gasteiger charge is 2.16. The molecule has 0 fully saturated rings. The average molecular weight is 295 g/mol. The predicted molar refractivity (Wildman–Crippen MR) is 69.1 cm³/mol. The molecule has 1 N–H and O–H groups in total. The molecule has 0 amide bonds. The average Bonchev–Trinajstić information content (AvgIpc) is 2.97. The first-order chi connectivity index (χ1) is 8.33. The highest BCUT2D eigenvalue weighted by atomic mass is 79.9. The number of aliphatic hydroxyl groups excluding tert-OH is 1. The first-order valence-corrected chi connectivity index (χ1v) is 6.28. The van der Waals surface area contributed by atoms with Gasteiger partial charge in [-0.05, 0) is 40.9 Å². The summed E-state index contributed by atoms with van der Waals surface area (Å²) in [6.45, 7) is 0.178. The maximum Gasteiger partial charge on any atom is 0.149 e. The van der Waals surface area contributed by atoms with Crippen LogP contribution in [0.5, 0.6) is 0 Å². The van der Waals surface area contributed by atoms with Crippen LogP contribution in [0.3, 0.4) is 0 Å². The smallest absolute Gasteiger partial charge is 0.149 e. The number of furan rings is 2. The van der Waals surface area contributed by atoms with Gasteiger partial charge in [0.2, 0.25) is 0 Å². The zero-order chi connectivity index (χ0) is 11.8. The van der Waals surface area contributed by atoms with Gasteiger partial charge < -0.3 is 13.9 Å². The van der Waals surface area contributed by atoms with Gasteiger partial charge in [0.25, 0.3) is 0 Å². The van der Waals surface area contributed by atoms with Gasteiger partial charge in [-0.1, -0.05) is 0 Å². The molecule has 88 valence electrons. The van der Waals surface area contributed by atoms with E-state index in [-0.39, 0.29) is 6.61 Å². The second kappa shape index (κ2) is 4.20. The fourth-order valence-electron chi connectivity index (χ4n) is 2.18. The minimum atomic E-state index is 0.178. The highest BCUT2D eigenvalue weighted by Crippen LogP contribution is 2.38. The van der Waals surface area contributed by atoms with E-state index in [1.807, 2.05) is 12.1 Å². The van der Waals surface area contributed by atoms with E-state index in [1.54, 1.807) is 12.5 Å². The molecule has 0 spiro atoms. The topological polar surface area (TPSA) is 46.5 Å². The summed E-state index contributed by atoms with van der Waals surface area (Å²) in [7, 11) is 0. The molecule has 3 aromatic rings. The number of hydrogen-bond donors (Lipinski definition) is 1. The molecular weight excluding hydrogens is 284 g/mol. The molecule has 17 heavy (non-hydrogen) atoms. The molecule has 0 aliphatic carbocycles. The van der Waals surface area contributed by atoms with Crippen LogP contribution in [0.1, 0.15) is 12.0 Å². The highest BCUT2D eigenvalue weighted by molar-refractivity contribution is 9.10. The Morgan fingerprint density at radius 2 is 1.76 bits per heavy atom. The summed E-state index contributed by atoms with van der Waals surface area (Å²) in [5.41, 5.74) is 2.82. The van der Waals surface area contributed by atoms with E-state index >= 15 is 0 Å². The molecule has 0 bridgehead atoms. The Morgan fingerprint density at radius 3 is 2.53 bits per heavy atom. The molecule has 0 saturated carbocycles. The van der Waals surface area contributed by atoms with E-state index in [1.165, 1.54) is 0 Å². The molecule has 0 unspecified atom stereocenters. The Kier molecular flexibility index (Phi) is 2.68. The fraction of sp³-hybridized carbons (Fsp3) is 0.231. The normalized spacial score (nSPS) is 11.6. The van der Waals surface area contributed by atoms with Crippen LogP contribution in [0, 0.1) is 0 Å². The van der Waals surface area contributed by atoms with E-state index in [0.717, 1.165) is 44.8 Å². The maximum absolute atomic E-state index is 8.96. The summed E-state index contributed by atoms with van der Waals surface area (Å²) in [4.78, 5) is 0.